The Kier molecular flexibility index (Phi) is 6.18. The van der Waals surface area contributed by atoms with Crippen molar-refractivity contribution >= 4 is 11.8 Å². The highest BCUT2D eigenvalue weighted by molar-refractivity contribution is 7.99. The van der Waals surface area contributed by atoms with Gasteiger partial charge in [-0.05, 0) is 50.8 Å². The van der Waals surface area contributed by atoms with Gasteiger partial charge in [0.25, 0.3) is 0 Å². The van der Waals surface area contributed by atoms with Crippen molar-refractivity contribution in [2.24, 2.45) is 5.92 Å². The second-order valence-corrected chi connectivity index (χ2v) is 6.65. The van der Waals surface area contributed by atoms with Crippen LogP contribution in [-0.2, 0) is 0 Å². The van der Waals surface area contributed by atoms with E-state index in [-0.39, 0.29) is 0 Å². The molecule has 3 heteroatoms. The zero-order valence-electron chi connectivity index (χ0n) is 12.2. The third kappa shape index (κ3) is 4.81. The van der Waals surface area contributed by atoms with Crippen LogP contribution in [0.5, 0.6) is 0 Å². The lowest BCUT2D eigenvalue weighted by molar-refractivity contribution is 0.558. The first kappa shape index (κ1) is 14.9. The van der Waals surface area contributed by atoms with Crippen LogP contribution in [0.2, 0.25) is 0 Å². The fourth-order valence-electron chi connectivity index (χ4n) is 2.59. The third-order valence-electron chi connectivity index (χ3n) is 3.86. The van der Waals surface area contributed by atoms with Gasteiger partial charge in [-0.2, -0.15) is 0 Å². The van der Waals surface area contributed by atoms with Crippen LogP contribution in [0.4, 0.5) is 0 Å². The average Bonchev–Trinajstić information content (AvgIpc) is 2.96. The summed E-state index contributed by atoms with van der Waals surface area (Å²) in [6.07, 6.45) is 8.93. The Hall–Kier alpha value is -0.540. The molecule has 1 saturated carbocycles. The first-order valence-electron chi connectivity index (χ1n) is 7.61. The second kappa shape index (κ2) is 7.91. The highest BCUT2D eigenvalue weighted by Crippen LogP contribution is 2.30. The van der Waals surface area contributed by atoms with Crippen molar-refractivity contribution in [3.63, 3.8) is 0 Å². The molecule has 1 aromatic heterocycles. The van der Waals surface area contributed by atoms with Gasteiger partial charge in [0.15, 0.2) is 0 Å². The van der Waals surface area contributed by atoms with E-state index in [4.69, 9.17) is 0 Å². The minimum atomic E-state index is 0.355. The molecule has 19 heavy (non-hydrogen) atoms. The molecule has 1 heterocycles. The van der Waals surface area contributed by atoms with E-state index in [0.717, 1.165) is 18.2 Å². The quantitative estimate of drug-likeness (QED) is 0.747. The Morgan fingerprint density at radius 3 is 2.79 bits per heavy atom. The summed E-state index contributed by atoms with van der Waals surface area (Å²) in [4.78, 5) is 5.91. The number of rotatable bonds is 7. The first-order chi connectivity index (χ1) is 9.29. The van der Waals surface area contributed by atoms with E-state index < -0.39 is 0 Å². The molecule has 1 aliphatic rings. The Bertz CT molecular complexity index is 358. The highest BCUT2D eigenvalue weighted by atomic mass is 32.2. The van der Waals surface area contributed by atoms with E-state index in [0.29, 0.717) is 6.04 Å². The topological polar surface area (TPSA) is 24.9 Å². The van der Waals surface area contributed by atoms with Gasteiger partial charge in [0.2, 0.25) is 0 Å². The molecule has 0 aromatic carbocycles. The monoisotopic (exact) mass is 278 g/mol. The summed E-state index contributed by atoms with van der Waals surface area (Å²) >= 11 is 1.97. The molecule has 0 radical (unpaired) electrons. The van der Waals surface area contributed by atoms with Crippen LogP contribution in [0.3, 0.4) is 0 Å². The van der Waals surface area contributed by atoms with Gasteiger partial charge in [0.05, 0.1) is 5.69 Å². The molecular weight excluding hydrogens is 252 g/mol. The van der Waals surface area contributed by atoms with Gasteiger partial charge in [0.1, 0.15) is 0 Å². The largest absolute Gasteiger partial charge is 0.309 e. The van der Waals surface area contributed by atoms with Crippen LogP contribution in [0.25, 0.3) is 0 Å². The summed E-state index contributed by atoms with van der Waals surface area (Å²) in [5.74, 6) is 2.21. The molecule has 1 N–H and O–H groups in total. The number of hydrogen-bond donors (Lipinski definition) is 1. The van der Waals surface area contributed by atoms with Gasteiger partial charge in [0, 0.05) is 22.9 Å². The molecule has 1 fully saturated rings. The van der Waals surface area contributed by atoms with Crippen LogP contribution in [0.1, 0.15) is 57.7 Å². The fourth-order valence-corrected chi connectivity index (χ4v) is 3.64. The molecule has 0 amide bonds. The van der Waals surface area contributed by atoms with Crippen molar-refractivity contribution in [1.82, 2.24) is 10.3 Å². The standard InChI is InChI=1S/C16H26N2S/c1-3-10-17-13(2)16-9-8-15(11-18-16)19-12-14-6-4-5-7-14/h8-9,11,13-14,17H,3-7,10,12H2,1-2H3. The van der Waals surface area contributed by atoms with Crippen molar-refractivity contribution < 1.29 is 0 Å². The lowest BCUT2D eigenvalue weighted by atomic mass is 10.1. The molecule has 2 rings (SSSR count). The number of nitrogens with zero attached hydrogens (tertiary/aromatic N) is 1. The van der Waals surface area contributed by atoms with E-state index in [1.165, 1.54) is 42.8 Å². The zero-order valence-corrected chi connectivity index (χ0v) is 13.0. The fraction of sp³-hybridized carbons (Fsp3) is 0.688. The third-order valence-corrected chi connectivity index (χ3v) is 5.08. The van der Waals surface area contributed by atoms with Gasteiger partial charge < -0.3 is 5.32 Å². The normalized spacial score (nSPS) is 17.8. The van der Waals surface area contributed by atoms with Gasteiger partial charge in [-0.3, -0.25) is 4.98 Å². The van der Waals surface area contributed by atoms with E-state index >= 15 is 0 Å². The van der Waals surface area contributed by atoms with Crippen molar-refractivity contribution in [3.05, 3.63) is 24.0 Å². The average molecular weight is 278 g/mol. The summed E-state index contributed by atoms with van der Waals surface area (Å²) in [5.41, 5.74) is 1.15. The number of aromatic nitrogens is 1. The van der Waals surface area contributed by atoms with Crippen LogP contribution in [0, 0.1) is 5.92 Å². The number of pyridine rings is 1. The Balaban J connectivity index is 1.80. The number of hydrogen-bond acceptors (Lipinski definition) is 3. The molecule has 0 aliphatic heterocycles. The lowest BCUT2D eigenvalue weighted by Crippen LogP contribution is -2.20. The molecule has 106 valence electrons. The highest BCUT2D eigenvalue weighted by Gasteiger charge is 2.15. The van der Waals surface area contributed by atoms with Crippen molar-refractivity contribution in [3.8, 4) is 0 Å². The lowest BCUT2D eigenvalue weighted by Gasteiger charge is -2.13. The summed E-state index contributed by atoms with van der Waals surface area (Å²) in [6.45, 7) is 5.43. The number of thioether (sulfide) groups is 1. The molecule has 0 spiro atoms. The van der Waals surface area contributed by atoms with E-state index in [1.54, 1.807) is 0 Å². The van der Waals surface area contributed by atoms with Crippen molar-refractivity contribution in [1.29, 1.82) is 0 Å². The minimum absolute atomic E-state index is 0.355. The van der Waals surface area contributed by atoms with Crippen LogP contribution < -0.4 is 5.32 Å². The Labute approximate surface area is 121 Å². The second-order valence-electron chi connectivity index (χ2n) is 5.56. The minimum Gasteiger partial charge on any atom is -0.309 e. The summed E-state index contributed by atoms with van der Waals surface area (Å²) in [7, 11) is 0. The molecule has 1 aromatic rings. The van der Waals surface area contributed by atoms with Crippen LogP contribution in [0.15, 0.2) is 23.2 Å². The summed E-state index contributed by atoms with van der Waals surface area (Å²) in [5, 5.41) is 3.48. The SMILES string of the molecule is CCCNC(C)c1ccc(SCC2CCCC2)cn1. The van der Waals surface area contributed by atoms with Gasteiger partial charge in [-0.15, -0.1) is 11.8 Å². The van der Waals surface area contributed by atoms with Crippen LogP contribution in [-0.4, -0.2) is 17.3 Å². The summed E-state index contributed by atoms with van der Waals surface area (Å²) in [6, 6.07) is 4.75. The predicted molar refractivity (Wildman–Crippen MR) is 83.6 cm³/mol. The first-order valence-corrected chi connectivity index (χ1v) is 8.60. The Morgan fingerprint density at radius 2 is 2.16 bits per heavy atom. The van der Waals surface area contributed by atoms with Crippen molar-refractivity contribution in [2.45, 2.75) is 56.9 Å². The van der Waals surface area contributed by atoms with E-state index in [2.05, 4.69) is 36.3 Å². The smallest absolute Gasteiger partial charge is 0.0571 e. The van der Waals surface area contributed by atoms with Gasteiger partial charge in [-0.25, -0.2) is 0 Å². The maximum absolute atomic E-state index is 4.59. The molecule has 2 nitrogen and oxygen atoms in total. The molecule has 1 unspecified atom stereocenters. The van der Waals surface area contributed by atoms with Crippen molar-refractivity contribution in [2.75, 3.05) is 12.3 Å². The molecule has 0 saturated heterocycles. The predicted octanol–water partition coefficient (Wildman–Crippen LogP) is 4.42. The maximum atomic E-state index is 4.59. The molecule has 1 aliphatic carbocycles. The van der Waals surface area contributed by atoms with Crippen LogP contribution >= 0.6 is 11.8 Å². The summed E-state index contributed by atoms with van der Waals surface area (Å²) < 4.78 is 0. The maximum Gasteiger partial charge on any atom is 0.0571 e. The van der Waals surface area contributed by atoms with Gasteiger partial charge in [-0.1, -0.05) is 19.8 Å². The molecule has 1 atom stereocenters. The zero-order chi connectivity index (χ0) is 13.5. The van der Waals surface area contributed by atoms with E-state index in [1.807, 2.05) is 18.0 Å². The molecule has 0 bridgehead atoms. The Morgan fingerprint density at radius 1 is 1.37 bits per heavy atom. The number of nitrogens with one attached hydrogen (secondary N) is 1. The molecular formula is C16H26N2S. The van der Waals surface area contributed by atoms with Gasteiger partial charge >= 0.3 is 0 Å². The van der Waals surface area contributed by atoms with E-state index in [9.17, 15) is 0 Å².